The molecule has 0 aliphatic rings. The summed E-state index contributed by atoms with van der Waals surface area (Å²) < 4.78 is 121. The summed E-state index contributed by atoms with van der Waals surface area (Å²) in [7, 11) is -1.46. The van der Waals surface area contributed by atoms with Crippen molar-refractivity contribution in [2.24, 2.45) is 0 Å². The Morgan fingerprint density at radius 1 is 1.10 bits per heavy atom. The predicted octanol–water partition coefficient (Wildman–Crippen LogP) is 5.12. The molecule has 13 heteroatoms. The lowest BCUT2D eigenvalue weighted by Gasteiger charge is -2.32. The second-order valence-corrected chi connectivity index (χ2v) is 11.8. The number of halogens is 9. The van der Waals surface area contributed by atoms with Crippen LogP contribution in [0.15, 0.2) is 36.5 Å². The van der Waals surface area contributed by atoms with E-state index in [0.717, 1.165) is 7.05 Å². The number of rotatable bonds is 8. The number of carbonyl (C=O) groups is 1. The average molecular weight is 481 g/mol. The van der Waals surface area contributed by atoms with E-state index in [1.807, 2.05) is 13.1 Å². The van der Waals surface area contributed by atoms with E-state index in [4.69, 9.17) is 0 Å². The molecule has 0 spiro atoms. The number of ether oxygens (including phenoxy) is 1. The van der Waals surface area contributed by atoms with Crippen LogP contribution in [0.2, 0.25) is 13.1 Å². The third-order valence-corrected chi connectivity index (χ3v) is 7.29. The number of alkyl halides is 9. The topological polar surface area (TPSA) is 29.5 Å². The molecule has 0 saturated heterocycles. The van der Waals surface area contributed by atoms with Crippen molar-refractivity contribution in [2.45, 2.75) is 43.6 Å². The lowest BCUT2D eigenvalue weighted by atomic mass is 10.0. The van der Waals surface area contributed by atoms with E-state index in [1.54, 1.807) is 11.8 Å². The van der Waals surface area contributed by atoms with Gasteiger partial charge in [0, 0.05) is 12.7 Å². The van der Waals surface area contributed by atoms with Crippen molar-refractivity contribution in [3.63, 3.8) is 0 Å². The summed E-state index contributed by atoms with van der Waals surface area (Å²) in [6, 6.07) is 5.53. The Bertz CT molecular complexity index is 808. The van der Waals surface area contributed by atoms with Crippen molar-refractivity contribution in [3.8, 4) is 0 Å². The summed E-state index contributed by atoms with van der Waals surface area (Å²) in [6.07, 6.45) is -19.6. The third-order valence-electron chi connectivity index (χ3n) is 4.47. The van der Waals surface area contributed by atoms with Crippen molar-refractivity contribution in [3.05, 3.63) is 36.5 Å². The number of hydrogen-bond donors (Lipinski definition) is 0. The van der Waals surface area contributed by atoms with Gasteiger partial charge in [-0.3, -0.25) is 4.79 Å². The Morgan fingerprint density at radius 2 is 1.65 bits per heavy atom. The van der Waals surface area contributed by atoms with E-state index < -0.39 is 51.1 Å². The molecule has 0 aromatic heterocycles. The number of hydrogen-bond acceptors (Lipinski definition) is 2. The molecule has 1 aromatic rings. The Balaban J connectivity index is 3.24. The Hall–Kier alpha value is -2.02. The number of benzene rings is 1. The molecule has 1 atom stereocenters. The second kappa shape index (κ2) is 8.85. The number of anilines is 1. The van der Waals surface area contributed by atoms with Gasteiger partial charge in [0.05, 0.1) is 0 Å². The van der Waals surface area contributed by atoms with Gasteiger partial charge in [-0.1, -0.05) is 36.1 Å². The molecule has 1 unspecified atom stereocenters. The summed E-state index contributed by atoms with van der Waals surface area (Å²) in [4.78, 5) is 12.6. The molecule has 0 N–H and O–H groups in total. The van der Waals surface area contributed by atoms with E-state index in [9.17, 15) is 44.3 Å². The van der Waals surface area contributed by atoms with Crippen molar-refractivity contribution < 1.29 is 49.0 Å². The molecular formula is C18H20F9NO2Si. The summed E-state index contributed by atoms with van der Waals surface area (Å²) in [5.74, 6) is -2.32. The molecule has 1 aromatic carbocycles. The minimum absolute atomic E-state index is 0.182. The fraction of sp³-hybridized carbons (Fsp3) is 0.500. The van der Waals surface area contributed by atoms with Crippen LogP contribution in [0.5, 0.6) is 0 Å². The maximum absolute atomic E-state index is 14.7. The Labute approximate surface area is 173 Å². The van der Waals surface area contributed by atoms with Gasteiger partial charge in [-0.2, -0.15) is 35.1 Å². The van der Waals surface area contributed by atoms with Crippen molar-refractivity contribution in [1.29, 1.82) is 0 Å². The van der Waals surface area contributed by atoms with Crippen LogP contribution in [-0.4, -0.2) is 51.8 Å². The van der Waals surface area contributed by atoms with Gasteiger partial charge >= 0.3 is 24.1 Å². The summed E-state index contributed by atoms with van der Waals surface area (Å²) in [6.45, 7) is 4.69. The van der Waals surface area contributed by atoms with Crippen LogP contribution >= 0.6 is 0 Å². The van der Waals surface area contributed by atoms with Gasteiger partial charge in [0.2, 0.25) is 0 Å². The SMILES string of the molecule is C=C[Si](C)(C)c1cccc(N(C)C(=O)C(F)(COC(F)(F)CC(F)(F)F)C(F)(F)F)c1. The Kier molecular flexibility index (Phi) is 7.71. The van der Waals surface area contributed by atoms with Gasteiger partial charge in [-0.15, -0.1) is 6.58 Å². The first kappa shape index (κ1) is 27.0. The molecule has 0 fully saturated rings. The average Bonchev–Trinajstić information content (AvgIpc) is 2.62. The summed E-state index contributed by atoms with van der Waals surface area (Å²) in [5, 5.41) is 0.629. The molecule has 3 nitrogen and oxygen atoms in total. The largest absolute Gasteiger partial charge is 0.434 e. The standard InChI is InChI=1S/C18H20F9NO2Si/c1-5-31(3,4)13-8-6-7-12(9-13)28(2)14(29)15(19,18(25,26)27)11-30-17(23,24)10-16(20,21)22/h5-9H,1,10-11H2,2-4H3. The van der Waals surface area contributed by atoms with Crippen LogP contribution in [0, 0.1) is 0 Å². The highest BCUT2D eigenvalue weighted by Gasteiger charge is 2.64. The predicted molar refractivity (Wildman–Crippen MR) is 98.6 cm³/mol. The zero-order valence-corrected chi connectivity index (χ0v) is 17.7. The van der Waals surface area contributed by atoms with Gasteiger partial charge in [0.25, 0.3) is 5.91 Å². The van der Waals surface area contributed by atoms with Crippen LogP contribution < -0.4 is 10.1 Å². The van der Waals surface area contributed by atoms with Gasteiger partial charge in [-0.25, -0.2) is 4.39 Å². The normalized spacial score (nSPS) is 15.4. The molecule has 0 heterocycles. The third kappa shape index (κ3) is 6.73. The zero-order chi connectivity index (χ0) is 24.5. The highest BCUT2D eigenvalue weighted by atomic mass is 28.3. The van der Waals surface area contributed by atoms with Crippen LogP contribution in [0.1, 0.15) is 6.42 Å². The quantitative estimate of drug-likeness (QED) is 0.381. The molecule has 0 saturated carbocycles. The van der Waals surface area contributed by atoms with Crippen LogP contribution in [0.3, 0.4) is 0 Å². The maximum Gasteiger partial charge on any atom is 0.434 e. The molecule has 0 aliphatic heterocycles. The lowest BCUT2D eigenvalue weighted by molar-refractivity contribution is -0.317. The first-order valence-corrected chi connectivity index (χ1v) is 11.7. The monoisotopic (exact) mass is 481 g/mol. The van der Waals surface area contributed by atoms with Crippen molar-refractivity contribution >= 4 is 24.9 Å². The molecule has 0 radical (unpaired) electrons. The Morgan fingerprint density at radius 3 is 2.10 bits per heavy atom. The van der Waals surface area contributed by atoms with E-state index >= 15 is 0 Å². The highest BCUT2D eigenvalue weighted by Crippen LogP contribution is 2.40. The number of nitrogens with zero attached hydrogens (tertiary/aromatic N) is 1. The lowest BCUT2D eigenvalue weighted by Crippen LogP contribution is -2.58. The molecule has 0 aliphatic carbocycles. The van der Waals surface area contributed by atoms with E-state index in [0.29, 0.717) is 5.19 Å². The van der Waals surface area contributed by atoms with Gasteiger partial charge < -0.3 is 9.64 Å². The molecule has 176 valence electrons. The highest BCUT2D eigenvalue weighted by molar-refractivity contribution is 6.93. The molecule has 0 bridgehead atoms. The minimum Gasteiger partial charge on any atom is -0.316 e. The van der Waals surface area contributed by atoms with E-state index in [2.05, 4.69) is 11.3 Å². The summed E-state index contributed by atoms with van der Waals surface area (Å²) in [5.41, 5.74) is -3.55. The first-order chi connectivity index (χ1) is 13.8. The smallest absolute Gasteiger partial charge is 0.316 e. The number of amides is 1. The maximum atomic E-state index is 14.7. The van der Waals surface area contributed by atoms with Crippen LogP contribution in [0.4, 0.5) is 45.2 Å². The van der Waals surface area contributed by atoms with Crippen LogP contribution in [0.25, 0.3) is 0 Å². The zero-order valence-electron chi connectivity index (χ0n) is 16.7. The fourth-order valence-electron chi connectivity index (χ4n) is 2.37. The van der Waals surface area contributed by atoms with Crippen molar-refractivity contribution in [1.82, 2.24) is 0 Å². The van der Waals surface area contributed by atoms with Crippen LogP contribution in [-0.2, 0) is 9.53 Å². The molecule has 31 heavy (non-hydrogen) atoms. The van der Waals surface area contributed by atoms with Crippen molar-refractivity contribution in [2.75, 3.05) is 18.6 Å². The minimum atomic E-state index is -6.04. The summed E-state index contributed by atoms with van der Waals surface area (Å²) >= 11 is 0. The van der Waals surface area contributed by atoms with Gasteiger partial charge in [-0.05, 0) is 12.1 Å². The fourth-order valence-corrected chi connectivity index (χ4v) is 3.65. The first-order valence-electron chi connectivity index (χ1n) is 8.62. The van der Waals surface area contributed by atoms with Gasteiger partial charge in [0.1, 0.15) is 21.1 Å². The van der Waals surface area contributed by atoms with E-state index in [-0.39, 0.29) is 10.6 Å². The second-order valence-electron chi connectivity index (χ2n) is 7.36. The molecular weight excluding hydrogens is 461 g/mol. The number of carbonyl (C=O) groups excluding carboxylic acids is 1. The van der Waals surface area contributed by atoms with E-state index in [1.165, 1.54) is 18.2 Å². The molecule has 1 amide bonds. The molecule has 1 rings (SSSR count). The van der Waals surface area contributed by atoms with Gasteiger partial charge in [0.15, 0.2) is 0 Å².